The van der Waals surface area contributed by atoms with Gasteiger partial charge in [-0.15, -0.1) is 0 Å². The summed E-state index contributed by atoms with van der Waals surface area (Å²) < 4.78 is 34.9. The van der Waals surface area contributed by atoms with Crippen molar-refractivity contribution in [1.82, 2.24) is 13.5 Å². The van der Waals surface area contributed by atoms with Crippen LogP contribution in [0.3, 0.4) is 0 Å². The third kappa shape index (κ3) is 2.93. The number of rotatable bonds is 5. The number of hydrogen-bond donors (Lipinski definition) is 1. The molecule has 102 valence electrons. The molecule has 3 rings (SSSR count). The van der Waals surface area contributed by atoms with E-state index in [1.54, 1.807) is 0 Å². The molecule has 1 saturated carbocycles. The number of hydrogen-bond acceptors (Lipinski definition) is 5. The van der Waals surface area contributed by atoms with Gasteiger partial charge in [0.25, 0.3) is 0 Å². The van der Waals surface area contributed by atoms with E-state index < -0.39 is 10.0 Å². The van der Waals surface area contributed by atoms with E-state index in [2.05, 4.69) is 13.5 Å². The van der Waals surface area contributed by atoms with Crippen LogP contribution in [0.15, 0.2) is 18.2 Å². The molecule has 7 heteroatoms. The number of sulfonamides is 1. The summed E-state index contributed by atoms with van der Waals surface area (Å²) >= 11 is 1.15. The number of benzene rings is 1. The van der Waals surface area contributed by atoms with Gasteiger partial charge in [-0.05, 0) is 30.4 Å². The fourth-order valence-electron chi connectivity index (χ4n) is 2.22. The Balaban J connectivity index is 1.69. The summed E-state index contributed by atoms with van der Waals surface area (Å²) in [4.78, 5) is 0. The lowest BCUT2D eigenvalue weighted by molar-refractivity contribution is 0.346. The monoisotopic (exact) mass is 297 g/mol. The van der Waals surface area contributed by atoms with Crippen LogP contribution in [0.25, 0.3) is 11.0 Å². The Morgan fingerprint density at radius 3 is 2.89 bits per heavy atom. The number of aromatic nitrogens is 2. The first kappa shape index (κ1) is 13.0. The summed E-state index contributed by atoms with van der Waals surface area (Å²) in [6.07, 6.45) is 3.23. The Morgan fingerprint density at radius 1 is 1.32 bits per heavy atom. The molecule has 0 spiro atoms. The van der Waals surface area contributed by atoms with Gasteiger partial charge in [-0.2, -0.15) is 8.75 Å². The van der Waals surface area contributed by atoms with E-state index in [0.717, 1.165) is 47.6 Å². The second-order valence-corrected chi connectivity index (χ2v) is 7.33. The fourth-order valence-corrected chi connectivity index (χ4v) is 4.24. The molecule has 0 amide bonds. The summed E-state index contributed by atoms with van der Waals surface area (Å²) in [5.74, 6) is 0.590. The third-order valence-corrected chi connectivity index (χ3v) is 5.57. The van der Waals surface area contributed by atoms with Gasteiger partial charge in [0.1, 0.15) is 11.0 Å². The van der Waals surface area contributed by atoms with E-state index >= 15 is 0 Å². The summed E-state index contributed by atoms with van der Waals surface area (Å²) in [7, 11) is -3.19. The van der Waals surface area contributed by atoms with E-state index in [1.165, 1.54) is 0 Å². The molecule has 0 radical (unpaired) electrons. The van der Waals surface area contributed by atoms with Crippen molar-refractivity contribution < 1.29 is 8.42 Å². The van der Waals surface area contributed by atoms with Gasteiger partial charge in [-0.1, -0.05) is 18.6 Å². The molecule has 19 heavy (non-hydrogen) atoms. The van der Waals surface area contributed by atoms with E-state index in [4.69, 9.17) is 0 Å². The zero-order valence-electron chi connectivity index (χ0n) is 10.4. The lowest BCUT2D eigenvalue weighted by atomic mass is 9.87. The minimum absolute atomic E-state index is 0.248. The van der Waals surface area contributed by atoms with Crippen LogP contribution < -0.4 is 4.72 Å². The zero-order valence-corrected chi connectivity index (χ0v) is 12.0. The molecule has 0 atom stereocenters. The molecule has 2 aromatic rings. The van der Waals surface area contributed by atoms with Crippen LogP contribution in [-0.4, -0.2) is 22.9 Å². The smallest absolute Gasteiger partial charge is 0.212 e. The summed E-state index contributed by atoms with van der Waals surface area (Å²) in [5, 5.41) is 0. The second-order valence-electron chi connectivity index (χ2n) is 4.95. The molecular weight excluding hydrogens is 282 g/mol. The topological polar surface area (TPSA) is 72.0 Å². The van der Waals surface area contributed by atoms with Gasteiger partial charge in [0.15, 0.2) is 0 Å². The SMILES string of the molecule is O=S(=O)(CC1CCC1)NCc1cccc2nsnc12. The van der Waals surface area contributed by atoms with E-state index in [0.29, 0.717) is 5.92 Å². The molecule has 1 aliphatic rings. The second kappa shape index (κ2) is 5.15. The summed E-state index contributed by atoms with van der Waals surface area (Å²) in [5.41, 5.74) is 2.49. The Morgan fingerprint density at radius 2 is 2.16 bits per heavy atom. The van der Waals surface area contributed by atoms with Crippen LogP contribution >= 0.6 is 11.7 Å². The van der Waals surface area contributed by atoms with E-state index in [1.807, 2.05) is 18.2 Å². The van der Waals surface area contributed by atoms with Crippen molar-refractivity contribution in [3.05, 3.63) is 23.8 Å². The Kier molecular flexibility index (Phi) is 3.51. The van der Waals surface area contributed by atoms with Crippen LogP contribution in [0, 0.1) is 5.92 Å². The van der Waals surface area contributed by atoms with Gasteiger partial charge < -0.3 is 0 Å². The maximum Gasteiger partial charge on any atom is 0.212 e. The Hall–Kier alpha value is -1.05. The lowest BCUT2D eigenvalue weighted by Gasteiger charge is -2.24. The quantitative estimate of drug-likeness (QED) is 0.915. The molecule has 1 fully saturated rings. The maximum absolute atomic E-state index is 11.9. The normalized spacial score (nSPS) is 16.6. The van der Waals surface area contributed by atoms with Crippen molar-refractivity contribution in [2.24, 2.45) is 5.92 Å². The third-order valence-electron chi connectivity index (χ3n) is 3.53. The standard InChI is InChI=1S/C12H15N3O2S2/c16-19(17,8-9-3-1-4-9)13-7-10-5-2-6-11-12(10)15-18-14-11/h2,5-6,9,13H,1,3-4,7-8H2. The van der Waals surface area contributed by atoms with E-state index in [9.17, 15) is 8.42 Å². The summed E-state index contributed by atoms with van der Waals surface area (Å²) in [6, 6.07) is 5.64. The summed E-state index contributed by atoms with van der Waals surface area (Å²) in [6.45, 7) is 0.289. The van der Waals surface area contributed by atoms with Crippen molar-refractivity contribution in [3.63, 3.8) is 0 Å². The molecule has 0 bridgehead atoms. The minimum atomic E-state index is -3.19. The highest BCUT2D eigenvalue weighted by Gasteiger charge is 2.24. The molecular formula is C12H15N3O2S2. The van der Waals surface area contributed by atoms with E-state index in [-0.39, 0.29) is 12.3 Å². The van der Waals surface area contributed by atoms with Crippen molar-refractivity contribution in [3.8, 4) is 0 Å². The number of nitrogens with one attached hydrogen (secondary N) is 1. The maximum atomic E-state index is 11.9. The van der Waals surface area contributed by atoms with Crippen molar-refractivity contribution in [2.45, 2.75) is 25.8 Å². The highest BCUT2D eigenvalue weighted by molar-refractivity contribution is 7.89. The van der Waals surface area contributed by atoms with Crippen LogP contribution in [0.2, 0.25) is 0 Å². The molecule has 1 aromatic heterocycles. The van der Waals surface area contributed by atoms with Gasteiger partial charge in [0, 0.05) is 6.54 Å². The van der Waals surface area contributed by atoms with Gasteiger partial charge >= 0.3 is 0 Å². The van der Waals surface area contributed by atoms with Crippen molar-refractivity contribution >= 4 is 32.8 Å². The molecule has 1 aromatic carbocycles. The number of fused-ring (bicyclic) bond motifs is 1. The van der Waals surface area contributed by atoms with Crippen molar-refractivity contribution in [1.29, 1.82) is 0 Å². The molecule has 1 aliphatic carbocycles. The van der Waals surface area contributed by atoms with Crippen LogP contribution in [0.5, 0.6) is 0 Å². The molecule has 1 N–H and O–H groups in total. The highest BCUT2D eigenvalue weighted by atomic mass is 32.2. The predicted molar refractivity (Wildman–Crippen MR) is 75.4 cm³/mol. The molecule has 0 unspecified atom stereocenters. The first-order valence-corrected chi connectivity index (χ1v) is 8.70. The molecule has 5 nitrogen and oxygen atoms in total. The van der Waals surface area contributed by atoms with Gasteiger partial charge in [0.2, 0.25) is 10.0 Å². The minimum Gasteiger partial charge on any atom is -0.212 e. The van der Waals surface area contributed by atoms with Gasteiger partial charge in [0.05, 0.1) is 17.5 Å². The first-order valence-electron chi connectivity index (χ1n) is 6.31. The first-order chi connectivity index (χ1) is 9.14. The largest absolute Gasteiger partial charge is 0.212 e. The molecule has 0 saturated heterocycles. The molecule has 1 heterocycles. The van der Waals surface area contributed by atoms with Crippen LogP contribution in [0.4, 0.5) is 0 Å². The average Bonchev–Trinajstić information content (AvgIpc) is 2.80. The molecule has 0 aliphatic heterocycles. The van der Waals surface area contributed by atoms with Gasteiger partial charge in [-0.3, -0.25) is 0 Å². The predicted octanol–water partition coefficient (Wildman–Crippen LogP) is 1.91. The Labute approximate surface area is 116 Å². The average molecular weight is 297 g/mol. The van der Waals surface area contributed by atoms with Gasteiger partial charge in [-0.25, -0.2) is 13.1 Å². The lowest BCUT2D eigenvalue weighted by Crippen LogP contribution is -2.31. The van der Waals surface area contributed by atoms with Crippen LogP contribution in [-0.2, 0) is 16.6 Å². The zero-order chi connectivity index (χ0) is 13.3. The number of nitrogens with zero attached hydrogens (tertiary/aromatic N) is 2. The Bertz CT molecular complexity index is 677. The van der Waals surface area contributed by atoms with Crippen molar-refractivity contribution in [2.75, 3.05) is 5.75 Å². The fraction of sp³-hybridized carbons (Fsp3) is 0.500. The van der Waals surface area contributed by atoms with Crippen LogP contribution in [0.1, 0.15) is 24.8 Å². The highest BCUT2D eigenvalue weighted by Crippen LogP contribution is 2.27.